The fraction of sp³-hybridized carbons (Fsp3) is 0.737. The largest absolute Gasteiger partial charge is 0.320 e. The van der Waals surface area contributed by atoms with E-state index in [1.54, 1.807) is 0 Å². The normalized spacial score (nSPS) is 26.8. The summed E-state index contributed by atoms with van der Waals surface area (Å²) >= 11 is 0. The second kappa shape index (κ2) is 6.69. The molecule has 0 aliphatic heterocycles. The van der Waals surface area contributed by atoms with Gasteiger partial charge in [0.2, 0.25) is 0 Å². The average Bonchev–Trinajstić information content (AvgIpc) is 3.29. The summed E-state index contributed by atoms with van der Waals surface area (Å²) in [6.45, 7) is 3.26. The van der Waals surface area contributed by atoms with Crippen LogP contribution >= 0.6 is 0 Å². The van der Waals surface area contributed by atoms with Crippen LogP contribution in [0.4, 0.5) is 0 Å². The minimum atomic E-state index is 0.474. The molecule has 2 saturated carbocycles. The molecule has 0 N–H and O–H groups in total. The third kappa shape index (κ3) is 2.89. The van der Waals surface area contributed by atoms with Gasteiger partial charge in [0.05, 0.1) is 18.7 Å². The van der Waals surface area contributed by atoms with Gasteiger partial charge in [-0.1, -0.05) is 32.6 Å². The van der Waals surface area contributed by atoms with Crippen molar-refractivity contribution in [3.8, 4) is 0 Å². The van der Waals surface area contributed by atoms with Gasteiger partial charge in [-0.15, -0.1) is 0 Å². The topological polar surface area (TPSA) is 48.0 Å². The zero-order chi connectivity index (χ0) is 16.5. The lowest BCUT2D eigenvalue weighted by Gasteiger charge is -2.17. The first-order chi connectivity index (χ1) is 11.8. The van der Waals surface area contributed by atoms with Crippen LogP contribution < -0.4 is 5.49 Å². The second-order valence-electron chi connectivity index (χ2n) is 7.72. The second-order valence-corrected chi connectivity index (χ2v) is 7.72. The minimum Gasteiger partial charge on any atom is -0.320 e. The Morgan fingerprint density at radius 1 is 1.12 bits per heavy atom. The van der Waals surface area contributed by atoms with E-state index in [1.165, 1.54) is 51.4 Å². The van der Waals surface area contributed by atoms with E-state index in [-0.39, 0.29) is 0 Å². The van der Waals surface area contributed by atoms with Crippen LogP contribution in [0.15, 0.2) is 17.6 Å². The van der Waals surface area contributed by atoms with E-state index in [0.29, 0.717) is 6.04 Å². The van der Waals surface area contributed by atoms with Crippen molar-refractivity contribution >= 4 is 11.2 Å². The molecule has 2 aliphatic carbocycles. The monoisotopic (exact) mass is 327 g/mol. The highest BCUT2D eigenvalue weighted by Gasteiger charge is 2.39. The third-order valence-electron chi connectivity index (χ3n) is 5.95. The van der Waals surface area contributed by atoms with Crippen LogP contribution in [0.25, 0.3) is 11.2 Å². The summed E-state index contributed by atoms with van der Waals surface area (Å²) in [6, 6.07) is 0.474. The van der Waals surface area contributed by atoms with Gasteiger partial charge in [-0.3, -0.25) is 4.99 Å². The van der Waals surface area contributed by atoms with Crippen molar-refractivity contribution in [1.82, 2.24) is 19.1 Å². The van der Waals surface area contributed by atoms with Gasteiger partial charge < -0.3 is 9.13 Å². The lowest BCUT2D eigenvalue weighted by Crippen LogP contribution is -2.22. The van der Waals surface area contributed by atoms with Gasteiger partial charge >= 0.3 is 0 Å². The Bertz CT molecular complexity index is 772. The summed E-state index contributed by atoms with van der Waals surface area (Å²) in [5.41, 5.74) is 2.98. The summed E-state index contributed by atoms with van der Waals surface area (Å²) in [4.78, 5) is 14.3. The number of imidazole rings is 1. The molecule has 4 rings (SSSR count). The average molecular weight is 327 g/mol. The number of aromatic nitrogens is 4. The number of hydrogen-bond acceptors (Lipinski definition) is 3. The van der Waals surface area contributed by atoms with Crippen LogP contribution in [0.2, 0.25) is 0 Å². The first kappa shape index (κ1) is 15.9. The van der Waals surface area contributed by atoms with Crippen LogP contribution in [0, 0.1) is 11.8 Å². The van der Waals surface area contributed by atoms with E-state index >= 15 is 0 Å². The Labute approximate surface area is 143 Å². The Hall–Kier alpha value is -1.65. The van der Waals surface area contributed by atoms with Gasteiger partial charge in [0.25, 0.3) is 0 Å². The first-order valence-electron chi connectivity index (χ1n) is 9.66. The van der Waals surface area contributed by atoms with Crippen molar-refractivity contribution in [2.24, 2.45) is 23.9 Å². The Morgan fingerprint density at radius 3 is 2.79 bits per heavy atom. The van der Waals surface area contributed by atoms with E-state index < -0.39 is 0 Å². The molecule has 2 aromatic rings. The molecule has 3 atom stereocenters. The van der Waals surface area contributed by atoms with E-state index in [9.17, 15) is 0 Å². The molecule has 24 heavy (non-hydrogen) atoms. The zero-order valence-corrected chi connectivity index (χ0v) is 15.0. The number of hydrogen-bond donors (Lipinski definition) is 0. The van der Waals surface area contributed by atoms with E-state index in [2.05, 4.69) is 33.1 Å². The molecule has 0 spiro atoms. The Kier molecular flexibility index (Phi) is 4.42. The number of nitrogens with zero attached hydrogens (tertiary/aromatic N) is 5. The highest BCUT2D eigenvalue weighted by Crippen LogP contribution is 2.45. The summed E-state index contributed by atoms with van der Waals surface area (Å²) < 4.78 is 4.36. The maximum atomic E-state index is 5.03. The number of unbranched alkanes of at least 4 members (excludes halogenated alkanes) is 3. The maximum absolute atomic E-state index is 5.03. The van der Waals surface area contributed by atoms with Gasteiger partial charge in [0.1, 0.15) is 5.65 Å². The highest BCUT2D eigenvalue weighted by atomic mass is 15.2. The van der Waals surface area contributed by atoms with Gasteiger partial charge in [-0.05, 0) is 37.5 Å². The molecule has 0 saturated heterocycles. The fourth-order valence-corrected chi connectivity index (χ4v) is 4.65. The van der Waals surface area contributed by atoms with Gasteiger partial charge in [-0.2, -0.15) is 0 Å². The van der Waals surface area contributed by atoms with Crippen molar-refractivity contribution in [2.75, 3.05) is 0 Å². The number of aryl methyl sites for hydroxylation is 2. The number of fused-ring (bicyclic) bond motifs is 3. The van der Waals surface area contributed by atoms with Crippen LogP contribution in [0.5, 0.6) is 0 Å². The molecular formula is C19H29N5. The quantitative estimate of drug-likeness (QED) is 0.763. The molecule has 0 amide bonds. The van der Waals surface area contributed by atoms with Gasteiger partial charge in [0, 0.05) is 13.6 Å². The molecule has 2 fully saturated rings. The van der Waals surface area contributed by atoms with E-state index in [4.69, 9.17) is 4.99 Å². The van der Waals surface area contributed by atoms with E-state index in [1.807, 2.05) is 12.7 Å². The van der Waals surface area contributed by atoms with Gasteiger partial charge in [0.15, 0.2) is 11.0 Å². The summed E-state index contributed by atoms with van der Waals surface area (Å²) in [7, 11) is 2.07. The summed E-state index contributed by atoms with van der Waals surface area (Å²) in [5.74, 6) is 1.70. The fourth-order valence-electron chi connectivity index (χ4n) is 4.65. The van der Waals surface area contributed by atoms with Crippen molar-refractivity contribution in [2.45, 2.75) is 70.9 Å². The summed E-state index contributed by atoms with van der Waals surface area (Å²) in [6.07, 6.45) is 14.3. The molecule has 2 heterocycles. The number of rotatable bonds is 6. The van der Waals surface area contributed by atoms with Crippen LogP contribution in [-0.2, 0) is 13.6 Å². The maximum Gasteiger partial charge on any atom is 0.179 e. The Morgan fingerprint density at radius 2 is 2.04 bits per heavy atom. The van der Waals surface area contributed by atoms with Crippen LogP contribution in [-0.4, -0.2) is 25.1 Å². The Balaban J connectivity index is 1.63. The molecule has 5 nitrogen and oxygen atoms in total. The first-order valence-corrected chi connectivity index (χ1v) is 9.66. The third-order valence-corrected chi connectivity index (χ3v) is 5.95. The predicted molar refractivity (Wildman–Crippen MR) is 95.4 cm³/mol. The van der Waals surface area contributed by atoms with Crippen LogP contribution in [0.3, 0.4) is 0 Å². The molecule has 5 heteroatoms. The van der Waals surface area contributed by atoms with Crippen molar-refractivity contribution in [1.29, 1.82) is 0 Å². The molecule has 0 radical (unpaired) electrons. The summed E-state index contributed by atoms with van der Waals surface area (Å²) in [5, 5.41) is 0. The zero-order valence-electron chi connectivity index (χ0n) is 15.0. The minimum absolute atomic E-state index is 0.474. The lowest BCUT2D eigenvalue weighted by molar-refractivity contribution is 0.413. The van der Waals surface area contributed by atoms with Crippen molar-refractivity contribution < 1.29 is 0 Å². The van der Waals surface area contributed by atoms with E-state index in [0.717, 1.165) is 35.0 Å². The lowest BCUT2D eigenvalue weighted by atomic mass is 9.96. The molecular weight excluding hydrogens is 298 g/mol. The van der Waals surface area contributed by atoms with Crippen molar-refractivity contribution in [3.05, 3.63) is 18.1 Å². The SMILES string of the molecule is CCCCCCn1cnc(=NC2C[C@H]3CC[C@@H]2C3)c2ncn(C)c21. The highest BCUT2D eigenvalue weighted by molar-refractivity contribution is 5.69. The van der Waals surface area contributed by atoms with Gasteiger partial charge in [-0.25, -0.2) is 9.97 Å². The van der Waals surface area contributed by atoms with Crippen molar-refractivity contribution in [3.63, 3.8) is 0 Å². The standard InChI is InChI=1S/C19H29N5/c1-3-4-5-6-9-24-13-21-18(17-19(24)23(2)12-20-17)22-16-11-14-7-8-15(16)10-14/h12-16H,3-11H2,1-2H3/t14-,15+,16?/m0/s1. The molecule has 2 aromatic heterocycles. The molecule has 2 aliphatic rings. The predicted octanol–water partition coefficient (Wildman–Crippen LogP) is 3.44. The van der Waals surface area contributed by atoms with Crippen LogP contribution in [0.1, 0.15) is 58.3 Å². The molecule has 2 bridgehead atoms. The molecule has 1 unspecified atom stereocenters. The molecule has 0 aromatic carbocycles. The smallest absolute Gasteiger partial charge is 0.179 e. The molecule has 130 valence electrons.